The largest absolute Gasteiger partial charge is 0.380 e. The van der Waals surface area contributed by atoms with E-state index in [1.54, 1.807) is 0 Å². The lowest BCUT2D eigenvalue weighted by Gasteiger charge is -2.46. The van der Waals surface area contributed by atoms with Crippen molar-refractivity contribution in [2.24, 2.45) is 0 Å². The molecule has 0 amide bonds. The number of benzene rings is 1. The lowest BCUT2D eigenvalue weighted by atomic mass is 9.85. The summed E-state index contributed by atoms with van der Waals surface area (Å²) in [7, 11) is 4.17. The Kier molecular flexibility index (Phi) is 5.51. The molecule has 22 heavy (non-hydrogen) atoms. The maximum absolute atomic E-state index is 5.88. The molecule has 2 aliphatic rings. The predicted octanol–water partition coefficient (Wildman–Crippen LogP) is 3.15. The molecule has 0 bridgehead atoms. The molecule has 1 aliphatic heterocycles. The molecule has 3 atom stereocenters. The van der Waals surface area contributed by atoms with Gasteiger partial charge in [-0.05, 0) is 57.8 Å². The second-order valence-electron chi connectivity index (χ2n) is 6.91. The van der Waals surface area contributed by atoms with Crippen molar-refractivity contribution in [2.75, 3.05) is 27.2 Å². The van der Waals surface area contributed by atoms with E-state index in [1.807, 2.05) is 7.11 Å². The number of likely N-dealkylation sites (N-methyl/N-ethyl adjacent to an activating group) is 1. The zero-order valence-corrected chi connectivity index (χ0v) is 14.1. The molecular formula is C19H30N2O. The summed E-state index contributed by atoms with van der Waals surface area (Å²) in [6.07, 6.45) is 6.92. The van der Waals surface area contributed by atoms with E-state index in [0.29, 0.717) is 18.2 Å². The molecule has 3 unspecified atom stereocenters. The first-order chi connectivity index (χ1) is 10.8. The first-order valence-electron chi connectivity index (χ1n) is 8.80. The van der Waals surface area contributed by atoms with Gasteiger partial charge in [-0.2, -0.15) is 0 Å². The molecule has 3 rings (SSSR count). The average molecular weight is 302 g/mol. The monoisotopic (exact) mass is 302 g/mol. The number of hydrogen-bond acceptors (Lipinski definition) is 3. The van der Waals surface area contributed by atoms with Gasteiger partial charge in [0.2, 0.25) is 0 Å². The Hall–Kier alpha value is -0.900. The second kappa shape index (κ2) is 7.58. The molecule has 3 nitrogen and oxygen atoms in total. The van der Waals surface area contributed by atoms with E-state index in [4.69, 9.17) is 4.74 Å². The smallest absolute Gasteiger partial charge is 0.0741 e. The number of hydrogen-bond donors (Lipinski definition) is 0. The van der Waals surface area contributed by atoms with Gasteiger partial charge in [-0.3, -0.25) is 9.80 Å². The van der Waals surface area contributed by atoms with Gasteiger partial charge in [0.1, 0.15) is 0 Å². The van der Waals surface area contributed by atoms with Crippen LogP contribution in [0.15, 0.2) is 30.3 Å². The highest BCUT2D eigenvalue weighted by molar-refractivity contribution is 5.15. The first kappa shape index (κ1) is 16.0. The quantitative estimate of drug-likeness (QED) is 0.831. The predicted molar refractivity (Wildman–Crippen MR) is 90.9 cm³/mol. The van der Waals surface area contributed by atoms with Crippen LogP contribution in [0.25, 0.3) is 0 Å². The van der Waals surface area contributed by atoms with Crippen LogP contribution in [0.4, 0.5) is 0 Å². The van der Waals surface area contributed by atoms with Crippen molar-refractivity contribution in [3.05, 3.63) is 35.9 Å². The minimum absolute atomic E-state index is 0.369. The van der Waals surface area contributed by atoms with Crippen LogP contribution in [0.3, 0.4) is 0 Å². The Labute approximate surface area is 135 Å². The van der Waals surface area contributed by atoms with Crippen LogP contribution in [0, 0.1) is 0 Å². The Morgan fingerprint density at radius 3 is 2.50 bits per heavy atom. The van der Waals surface area contributed by atoms with Crippen LogP contribution < -0.4 is 0 Å². The third kappa shape index (κ3) is 3.53. The van der Waals surface area contributed by atoms with Crippen molar-refractivity contribution < 1.29 is 4.74 Å². The number of methoxy groups -OCH3 is 1. The number of likely N-dealkylation sites (tertiary alicyclic amines) is 1. The SMILES string of the molecule is COC1CCCC(N2CCCC2)C1N(C)Cc1ccccc1. The molecule has 1 saturated heterocycles. The maximum Gasteiger partial charge on any atom is 0.0741 e. The molecular weight excluding hydrogens is 272 g/mol. The Balaban J connectivity index is 1.74. The van der Waals surface area contributed by atoms with E-state index in [-0.39, 0.29) is 0 Å². The van der Waals surface area contributed by atoms with Crippen LogP contribution in [0.1, 0.15) is 37.7 Å². The molecule has 3 heteroatoms. The summed E-state index contributed by atoms with van der Waals surface area (Å²) in [5.41, 5.74) is 1.39. The lowest BCUT2D eigenvalue weighted by Crippen LogP contribution is -2.57. The van der Waals surface area contributed by atoms with E-state index in [9.17, 15) is 0 Å². The summed E-state index contributed by atoms with van der Waals surface area (Å²) in [6, 6.07) is 12.0. The van der Waals surface area contributed by atoms with Gasteiger partial charge < -0.3 is 4.74 Å². The van der Waals surface area contributed by atoms with Crippen LogP contribution in [0.2, 0.25) is 0 Å². The molecule has 0 aromatic heterocycles. The molecule has 0 spiro atoms. The standard InChI is InChI=1S/C19H30N2O/c1-20(15-16-9-4-3-5-10-16)19-17(21-13-6-7-14-21)11-8-12-18(19)22-2/h3-5,9-10,17-19H,6-8,11-15H2,1-2H3. The van der Waals surface area contributed by atoms with Crippen LogP contribution in [-0.2, 0) is 11.3 Å². The molecule has 1 aromatic rings. The Morgan fingerprint density at radius 2 is 1.82 bits per heavy atom. The van der Waals surface area contributed by atoms with Gasteiger partial charge in [0.25, 0.3) is 0 Å². The Morgan fingerprint density at radius 1 is 1.09 bits per heavy atom. The fourth-order valence-electron chi connectivity index (χ4n) is 4.40. The zero-order valence-electron chi connectivity index (χ0n) is 14.1. The van der Waals surface area contributed by atoms with Crippen molar-refractivity contribution in [1.29, 1.82) is 0 Å². The molecule has 122 valence electrons. The van der Waals surface area contributed by atoms with Gasteiger partial charge in [0.05, 0.1) is 12.1 Å². The fourth-order valence-corrected chi connectivity index (χ4v) is 4.40. The van der Waals surface area contributed by atoms with Crippen LogP contribution in [-0.4, -0.2) is 55.2 Å². The number of rotatable bonds is 5. The van der Waals surface area contributed by atoms with Crippen molar-refractivity contribution in [2.45, 2.75) is 56.8 Å². The van der Waals surface area contributed by atoms with Gasteiger partial charge in [-0.1, -0.05) is 30.3 Å². The summed E-state index contributed by atoms with van der Waals surface area (Å²) in [5.74, 6) is 0. The number of nitrogens with zero attached hydrogens (tertiary/aromatic N) is 2. The molecule has 0 radical (unpaired) electrons. The maximum atomic E-state index is 5.88. The highest BCUT2D eigenvalue weighted by Gasteiger charge is 2.39. The molecule has 1 saturated carbocycles. The van der Waals surface area contributed by atoms with E-state index >= 15 is 0 Å². The van der Waals surface area contributed by atoms with Crippen molar-refractivity contribution in [3.8, 4) is 0 Å². The van der Waals surface area contributed by atoms with Crippen LogP contribution in [0.5, 0.6) is 0 Å². The van der Waals surface area contributed by atoms with Crippen molar-refractivity contribution >= 4 is 0 Å². The second-order valence-corrected chi connectivity index (χ2v) is 6.91. The van der Waals surface area contributed by atoms with Crippen LogP contribution >= 0.6 is 0 Å². The van der Waals surface area contributed by atoms with E-state index in [1.165, 1.54) is 50.8 Å². The fraction of sp³-hybridized carbons (Fsp3) is 0.684. The van der Waals surface area contributed by atoms with E-state index in [0.717, 1.165) is 6.54 Å². The minimum atomic E-state index is 0.369. The third-order valence-electron chi connectivity index (χ3n) is 5.46. The average Bonchev–Trinajstić information content (AvgIpc) is 3.09. The minimum Gasteiger partial charge on any atom is -0.380 e. The molecule has 1 aromatic carbocycles. The van der Waals surface area contributed by atoms with Crippen molar-refractivity contribution in [1.82, 2.24) is 9.80 Å². The summed E-state index contributed by atoms with van der Waals surface area (Å²) in [4.78, 5) is 5.25. The summed E-state index contributed by atoms with van der Waals surface area (Å²) < 4.78 is 5.88. The van der Waals surface area contributed by atoms with Crippen molar-refractivity contribution in [3.63, 3.8) is 0 Å². The third-order valence-corrected chi connectivity index (χ3v) is 5.46. The topological polar surface area (TPSA) is 15.7 Å². The van der Waals surface area contributed by atoms with Gasteiger partial charge in [-0.15, -0.1) is 0 Å². The van der Waals surface area contributed by atoms with Gasteiger partial charge in [-0.25, -0.2) is 0 Å². The molecule has 0 N–H and O–H groups in total. The first-order valence-corrected chi connectivity index (χ1v) is 8.80. The summed E-state index contributed by atoms with van der Waals surface area (Å²) in [6.45, 7) is 3.56. The Bertz CT molecular complexity index is 444. The van der Waals surface area contributed by atoms with Gasteiger partial charge in [0, 0.05) is 19.7 Å². The van der Waals surface area contributed by atoms with Gasteiger partial charge in [0.15, 0.2) is 0 Å². The van der Waals surface area contributed by atoms with E-state index in [2.05, 4.69) is 47.2 Å². The molecule has 1 heterocycles. The summed E-state index contributed by atoms with van der Waals surface area (Å²) >= 11 is 0. The highest BCUT2D eigenvalue weighted by atomic mass is 16.5. The lowest BCUT2D eigenvalue weighted by molar-refractivity contribution is -0.0458. The van der Waals surface area contributed by atoms with Gasteiger partial charge >= 0.3 is 0 Å². The molecule has 1 aliphatic carbocycles. The highest BCUT2D eigenvalue weighted by Crippen LogP contribution is 2.31. The van der Waals surface area contributed by atoms with E-state index < -0.39 is 0 Å². The zero-order chi connectivity index (χ0) is 15.4. The number of ether oxygens (including phenoxy) is 1. The summed E-state index contributed by atoms with van der Waals surface area (Å²) in [5, 5.41) is 0. The normalized spacial score (nSPS) is 30.0. The molecule has 2 fully saturated rings.